The molecule has 1 saturated carbocycles. The molecule has 1 aliphatic rings. The Kier molecular flexibility index (Phi) is 5.01. The van der Waals surface area contributed by atoms with Gasteiger partial charge in [0, 0.05) is 11.6 Å². The molecule has 20 heavy (non-hydrogen) atoms. The van der Waals surface area contributed by atoms with E-state index in [1.54, 1.807) is 0 Å². The van der Waals surface area contributed by atoms with E-state index >= 15 is 0 Å². The molecule has 1 aliphatic carbocycles. The van der Waals surface area contributed by atoms with Gasteiger partial charge < -0.3 is 15.2 Å². The van der Waals surface area contributed by atoms with Crippen molar-refractivity contribution in [2.75, 3.05) is 5.32 Å². The molecule has 0 aromatic heterocycles. The van der Waals surface area contributed by atoms with Gasteiger partial charge in [0.15, 0.2) is 0 Å². The van der Waals surface area contributed by atoms with Gasteiger partial charge in [-0.15, -0.1) is 0 Å². The Labute approximate surface area is 120 Å². The molecular weight excluding hydrogens is 254 g/mol. The van der Waals surface area contributed by atoms with Crippen molar-refractivity contribution in [2.24, 2.45) is 5.92 Å². The molecule has 110 valence electrons. The number of rotatable bonds is 4. The van der Waals surface area contributed by atoms with Gasteiger partial charge in [0.05, 0.1) is 12.2 Å². The van der Waals surface area contributed by atoms with Gasteiger partial charge in [-0.25, -0.2) is 0 Å². The molecule has 1 aromatic rings. The second-order valence-electron chi connectivity index (χ2n) is 5.70. The minimum atomic E-state index is -0.332. The number of hydrogen-bond acceptors (Lipinski definition) is 3. The normalized spacial score (nSPS) is 22.6. The van der Waals surface area contributed by atoms with Crippen molar-refractivity contribution in [3.05, 3.63) is 24.3 Å². The van der Waals surface area contributed by atoms with E-state index in [2.05, 4.69) is 5.32 Å². The highest BCUT2D eigenvalue weighted by molar-refractivity contribution is 5.92. The maximum atomic E-state index is 12.1. The largest absolute Gasteiger partial charge is 0.491 e. The van der Waals surface area contributed by atoms with E-state index in [1.165, 1.54) is 0 Å². The van der Waals surface area contributed by atoms with Crippen LogP contribution in [-0.2, 0) is 4.79 Å². The van der Waals surface area contributed by atoms with Gasteiger partial charge in [0.2, 0.25) is 5.91 Å². The Balaban J connectivity index is 1.90. The van der Waals surface area contributed by atoms with Crippen molar-refractivity contribution in [2.45, 2.75) is 51.7 Å². The maximum absolute atomic E-state index is 12.1. The molecule has 0 spiro atoms. The second kappa shape index (κ2) is 6.75. The maximum Gasteiger partial charge on any atom is 0.227 e. The van der Waals surface area contributed by atoms with Gasteiger partial charge in [0.1, 0.15) is 5.75 Å². The molecule has 2 atom stereocenters. The Morgan fingerprint density at radius 3 is 2.60 bits per heavy atom. The lowest BCUT2D eigenvalue weighted by Crippen LogP contribution is -2.30. The number of carbonyl (C=O) groups is 1. The van der Waals surface area contributed by atoms with Crippen LogP contribution in [-0.4, -0.2) is 23.2 Å². The fourth-order valence-electron chi connectivity index (χ4n) is 2.54. The molecule has 0 aliphatic heterocycles. The summed E-state index contributed by atoms with van der Waals surface area (Å²) in [7, 11) is 0. The summed E-state index contributed by atoms with van der Waals surface area (Å²) in [4.78, 5) is 12.1. The number of ether oxygens (including phenoxy) is 1. The summed E-state index contributed by atoms with van der Waals surface area (Å²) >= 11 is 0. The lowest BCUT2D eigenvalue weighted by atomic mass is 9.86. The molecule has 4 heteroatoms. The van der Waals surface area contributed by atoms with Crippen LogP contribution in [0.25, 0.3) is 0 Å². The summed E-state index contributed by atoms with van der Waals surface area (Å²) in [5.74, 6) is 0.720. The topological polar surface area (TPSA) is 58.6 Å². The summed E-state index contributed by atoms with van der Waals surface area (Å²) in [5.41, 5.74) is 0.770. The number of anilines is 1. The molecule has 0 bridgehead atoms. The molecule has 2 rings (SSSR count). The first-order chi connectivity index (χ1) is 9.54. The Morgan fingerprint density at radius 1 is 1.30 bits per heavy atom. The highest BCUT2D eigenvalue weighted by Crippen LogP contribution is 2.26. The van der Waals surface area contributed by atoms with E-state index in [9.17, 15) is 9.90 Å². The third kappa shape index (κ3) is 4.23. The molecule has 0 saturated heterocycles. The fraction of sp³-hybridized carbons (Fsp3) is 0.562. The van der Waals surface area contributed by atoms with Crippen LogP contribution >= 0.6 is 0 Å². The van der Waals surface area contributed by atoms with Crippen LogP contribution in [0.2, 0.25) is 0 Å². The Morgan fingerprint density at radius 2 is 2.00 bits per heavy atom. The monoisotopic (exact) mass is 277 g/mol. The number of hydrogen-bond donors (Lipinski definition) is 2. The third-order valence-electron chi connectivity index (χ3n) is 3.51. The summed E-state index contributed by atoms with van der Waals surface area (Å²) in [6.45, 7) is 3.95. The highest BCUT2D eigenvalue weighted by atomic mass is 16.5. The quantitative estimate of drug-likeness (QED) is 0.889. The van der Waals surface area contributed by atoms with Crippen molar-refractivity contribution in [1.82, 2.24) is 0 Å². The van der Waals surface area contributed by atoms with Crippen molar-refractivity contribution < 1.29 is 14.6 Å². The van der Waals surface area contributed by atoms with Crippen LogP contribution in [0.5, 0.6) is 5.75 Å². The van der Waals surface area contributed by atoms with Gasteiger partial charge in [-0.1, -0.05) is 6.42 Å². The first-order valence-electron chi connectivity index (χ1n) is 7.30. The molecule has 1 aromatic carbocycles. The zero-order valence-electron chi connectivity index (χ0n) is 12.1. The summed E-state index contributed by atoms with van der Waals surface area (Å²) < 4.78 is 5.56. The second-order valence-corrected chi connectivity index (χ2v) is 5.70. The number of carbonyl (C=O) groups excluding carboxylic acids is 1. The molecule has 2 N–H and O–H groups in total. The summed E-state index contributed by atoms with van der Waals surface area (Å²) in [5, 5.41) is 12.5. The molecule has 4 nitrogen and oxygen atoms in total. The number of benzene rings is 1. The van der Waals surface area contributed by atoms with Gasteiger partial charge in [-0.2, -0.15) is 0 Å². The SMILES string of the molecule is CC(C)Oc1ccc(NC(=O)C2CCCC(O)C2)cc1. The van der Waals surface area contributed by atoms with Gasteiger partial charge in [-0.3, -0.25) is 4.79 Å². The minimum Gasteiger partial charge on any atom is -0.491 e. The van der Waals surface area contributed by atoms with E-state index in [4.69, 9.17) is 4.74 Å². The lowest BCUT2D eigenvalue weighted by Gasteiger charge is -2.24. The molecule has 0 heterocycles. The average Bonchev–Trinajstić information content (AvgIpc) is 2.40. The van der Waals surface area contributed by atoms with E-state index in [0.717, 1.165) is 30.7 Å². The fourth-order valence-corrected chi connectivity index (χ4v) is 2.54. The number of aliphatic hydroxyl groups excluding tert-OH is 1. The molecule has 0 radical (unpaired) electrons. The molecular formula is C16H23NO3. The molecule has 1 fully saturated rings. The lowest BCUT2D eigenvalue weighted by molar-refractivity contribution is -0.122. The smallest absolute Gasteiger partial charge is 0.227 e. The average molecular weight is 277 g/mol. The van der Waals surface area contributed by atoms with Crippen LogP contribution < -0.4 is 10.1 Å². The Bertz CT molecular complexity index is 442. The zero-order chi connectivity index (χ0) is 14.5. The number of aliphatic hydroxyl groups is 1. The van der Waals surface area contributed by atoms with Crippen molar-refractivity contribution >= 4 is 11.6 Å². The van der Waals surface area contributed by atoms with Gasteiger partial charge in [0.25, 0.3) is 0 Å². The van der Waals surface area contributed by atoms with Crippen LogP contribution in [0.3, 0.4) is 0 Å². The van der Waals surface area contributed by atoms with Crippen LogP contribution in [0.4, 0.5) is 5.69 Å². The van der Waals surface area contributed by atoms with Crippen LogP contribution in [0, 0.1) is 5.92 Å². The highest BCUT2D eigenvalue weighted by Gasteiger charge is 2.25. The number of nitrogens with one attached hydrogen (secondary N) is 1. The molecule has 2 unspecified atom stereocenters. The van der Waals surface area contributed by atoms with E-state index < -0.39 is 0 Å². The molecule has 1 amide bonds. The first-order valence-corrected chi connectivity index (χ1v) is 7.30. The van der Waals surface area contributed by atoms with Gasteiger partial charge >= 0.3 is 0 Å². The van der Waals surface area contributed by atoms with Crippen LogP contribution in [0.15, 0.2) is 24.3 Å². The van der Waals surface area contributed by atoms with E-state index in [0.29, 0.717) is 6.42 Å². The zero-order valence-corrected chi connectivity index (χ0v) is 12.1. The standard InChI is InChI=1S/C16H23NO3/c1-11(2)20-15-8-6-13(7-9-15)17-16(19)12-4-3-5-14(18)10-12/h6-9,11-12,14,18H,3-5,10H2,1-2H3,(H,17,19). The Hall–Kier alpha value is -1.55. The van der Waals surface area contributed by atoms with Gasteiger partial charge in [-0.05, 0) is 57.4 Å². The van der Waals surface area contributed by atoms with Crippen molar-refractivity contribution in [3.8, 4) is 5.75 Å². The summed E-state index contributed by atoms with van der Waals surface area (Å²) in [6.07, 6.45) is 2.96. The predicted molar refractivity (Wildman–Crippen MR) is 78.8 cm³/mol. The number of amides is 1. The summed E-state index contributed by atoms with van der Waals surface area (Å²) in [6, 6.07) is 7.39. The predicted octanol–water partition coefficient (Wildman–Crippen LogP) is 2.96. The van der Waals surface area contributed by atoms with Crippen molar-refractivity contribution in [1.29, 1.82) is 0 Å². The van der Waals surface area contributed by atoms with E-state index in [-0.39, 0.29) is 24.0 Å². The minimum absolute atomic E-state index is 0.00118. The van der Waals surface area contributed by atoms with Crippen molar-refractivity contribution in [3.63, 3.8) is 0 Å². The first kappa shape index (κ1) is 14.9. The van der Waals surface area contributed by atoms with Crippen LogP contribution in [0.1, 0.15) is 39.5 Å². The van der Waals surface area contributed by atoms with E-state index in [1.807, 2.05) is 38.1 Å². The third-order valence-corrected chi connectivity index (χ3v) is 3.51.